The van der Waals surface area contributed by atoms with Gasteiger partial charge in [0, 0.05) is 41.8 Å². The number of carbonyl (C=O) groups is 2. The molecule has 0 bridgehead atoms. The molecule has 3 aromatic rings. The Labute approximate surface area is 286 Å². The van der Waals surface area contributed by atoms with Crippen LogP contribution in [0.25, 0.3) is 11.3 Å². The van der Waals surface area contributed by atoms with E-state index < -0.39 is 18.4 Å². The number of alkyl halides is 1. The van der Waals surface area contributed by atoms with Gasteiger partial charge in [-0.3, -0.25) is 14.7 Å². The Morgan fingerprint density at radius 2 is 1.76 bits per heavy atom. The summed E-state index contributed by atoms with van der Waals surface area (Å²) in [6.07, 6.45) is 11.0. The van der Waals surface area contributed by atoms with E-state index in [1.165, 1.54) is 4.90 Å². The number of hydrogen-bond donors (Lipinski definition) is 1. The van der Waals surface area contributed by atoms with Crippen LogP contribution >= 0.6 is 0 Å². The number of methoxy groups -OCH3 is 1. The van der Waals surface area contributed by atoms with Crippen LogP contribution in [0.1, 0.15) is 93.3 Å². The Balaban J connectivity index is 1.03. The molecule has 0 unspecified atom stereocenters. The number of aliphatic hydroxyl groups excluding tert-OH is 1. The van der Waals surface area contributed by atoms with E-state index in [1.54, 1.807) is 19.6 Å². The van der Waals surface area contributed by atoms with Crippen LogP contribution in [0.5, 0.6) is 5.75 Å². The van der Waals surface area contributed by atoms with E-state index in [0.29, 0.717) is 55.8 Å². The molecule has 2 amide bonds. The molecule has 11 nitrogen and oxygen atoms in total. The number of aromatic nitrogens is 3. The number of hydrogen-bond acceptors (Lipinski definition) is 9. The number of pyridine rings is 2. The number of aliphatic hydroxyl groups is 1. The lowest BCUT2D eigenvalue weighted by molar-refractivity contribution is -0.124. The molecule has 262 valence electrons. The third-order valence-corrected chi connectivity index (χ3v) is 10.8. The summed E-state index contributed by atoms with van der Waals surface area (Å²) in [4.78, 5) is 44.3. The van der Waals surface area contributed by atoms with Crippen molar-refractivity contribution in [3.05, 3.63) is 54.0 Å². The predicted octanol–water partition coefficient (Wildman–Crippen LogP) is 6.34. The molecular formula is C37H46FN5O6. The first-order valence-electron chi connectivity index (χ1n) is 17.7. The first-order valence-corrected chi connectivity index (χ1v) is 17.7. The van der Waals surface area contributed by atoms with Crippen molar-refractivity contribution >= 4 is 17.8 Å². The summed E-state index contributed by atoms with van der Waals surface area (Å²) < 4.78 is 30.9. The van der Waals surface area contributed by atoms with Gasteiger partial charge < -0.3 is 23.9 Å². The molecule has 12 heteroatoms. The summed E-state index contributed by atoms with van der Waals surface area (Å²) in [5.41, 5.74) is 1.86. The van der Waals surface area contributed by atoms with E-state index in [2.05, 4.69) is 6.07 Å². The highest BCUT2D eigenvalue weighted by Gasteiger charge is 2.47. The maximum atomic E-state index is 14.4. The lowest BCUT2D eigenvalue weighted by Crippen LogP contribution is -2.63. The van der Waals surface area contributed by atoms with Crippen LogP contribution in [0.15, 0.2) is 41.1 Å². The normalized spacial score (nSPS) is 24.9. The van der Waals surface area contributed by atoms with E-state index in [-0.39, 0.29) is 31.0 Å². The average molecular weight is 676 g/mol. The number of halogens is 1. The second kappa shape index (κ2) is 14.0. The van der Waals surface area contributed by atoms with Crippen molar-refractivity contribution in [2.45, 2.75) is 94.7 Å². The average Bonchev–Trinajstić information content (AvgIpc) is 3.85. The molecule has 7 rings (SSSR count). The SMILES string of the molecule is COc1ccc(C2CCC(CN(C(=O)C3CCC(OC(=O)N4CC(F)(CO)C4)CC3)c3cc(-c4coc(C5CC5)n4)ccn3)CC2)nc1C. The zero-order chi connectivity index (χ0) is 34.1. The Morgan fingerprint density at radius 3 is 2.43 bits per heavy atom. The molecule has 1 N–H and O–H groups in total. The summed E-state index contributed by atoms with van der Waals surface area (Å²) in [6.45, 7) is 1.61. The molecule has 1 aliphatic heterocycles. The first-order chi connectivity index (χ1) is 23.7. The number of likely N-dealkylation sites (tertiary alicyclic amines) is 1. The zero-order valence-corrected chi connectivity index (χ0v) is 28.4. The minimum atomic E-state index is -1.74. The van der Waals surface area contributed by atoms with Gasteiger partial charge in [0.2, 0.25) is 5.91 Å². The van der Waals surface area contributed by atoms with E-state index in [4.69, 9.17) is 33.9 Å². The van der Waals surface area contributed by atoms with Crippen LogP contribution in [-0.2, 0) is 9.53 Å². The van der Waals surface area contributed by atoms with Crippen LogP contribution in [0.4, 0.5) is 15.0 Å². The van der Waals surface area contributed by atoms with Crippen LogP contribution < -0.4 is 9.64 Å². The number of ether oxygens (including phenoxy) is 2. The number of aryl methyl sites for hydroxylation is 1. The second-order valence-corrected chi connectivity index (χ2v) is 14.5. The summed E-state index contributed by atoms with van der Waals surface area (Å²) >= 11 is 0. The fourth-order valence-electron chi connectivity index (χ4n) is 7.60. The number of nitrogens with zero attached hydrogens (tertiary/aromatic N) is 5. The van der Waals surface area contributed by atoms with Crippen molar-refractivity contribution in [1.29, 1.82) is 0 Å². The molecule has 3 saturated carbocycles. The fourth-order valence-corrected chi connectivity index (χ4v) is 7.60. The van der Waals surface area contributed by atoms with Crippen molar-refractivity contribution in [2.75, 3.05) is 38.3 Å². The Hall–Kier alpha value is -4.06. The van der Waals surface area contributed by atoms with Crippen molar-refractivity contribution in [1.82, 2.24) is 19.9 Å². The summed E-state index contributed by atoms with van der Waals surface area (Å²) in [5.74, 6) is 3.07. The van der Waals surface area contributed by atoms with E-state index in [1.807, 2.05) is 30.0 Å². The number of carbonyl (C=O) groups excluding carboxylic acids is 2. The highest BCUT2D eigenvalue weighted by molar-refractivity contribution is 5.94. The van der Waals surface area contributed by atoms with Gasteiger partial charge in [0.15, 0.2) is 11.6 Å². The highest BCUT2D eigenvalue weighted by atomic mass is 19.1. The van der Waals surface area contributed by atoms with Gasteiger partial charge in [0.25, 0.3) is 0 Å². The topological polar surface area (TPSA) is 131 Å². The Bertz CT molecular complexity index is 1640. The third kappa shape index (κ3) is 7.44. The summed E-state index contributed by atoms with van der Waals surface area (Å²) in [6, 6.07) is 7.92. The Morgan fingerprint density at radius 1 is 1.02 bits per heavy atom. The van der Waals surface area contributed by atoms with E-state index in [0.717, 1.165) is 72.8 Å². The van der Waals surface area contributed by atoms with Crippen LogP contribution in [-0.4, -0.2) is 82.1 Å². The molecule has 49 heavy (non-hydrogen) atoms. The van der Waals surface area contributed by atoms with Gasteiger partial charge in [-0.15, -0.1) is 0 Å². The third-order valence-electron chi connectivity index (χ3n) is 10.8. The maximum Gasteiger partial charge on any atom is 0.410 e. The Kier molecular flexibility index (Phi) is 9.59. The summed E-state index contributed by atoms with van der Waals surface area (Å²) in [7, 11) is 1.66. The second-order valence-electron chi connectivity index (χ2n) is 14.5. The molecule has 3 aliphatic carbocycles. The summed E-state index contributed by atoms with van der Waals surface area (Å²) in [5, 5.41) is 9.15. The molecule has 4 fully saturated rings. The van der Waals surface area contributed by atoms with Crippen LogP contribution in [0, 0.1) is 18.8 Å². The number of anilines is 1. The lowest BCUT2D eigenvalue weighted by atomic mass is 9.79. The van der Waals surface area contributed by atoms with E-state index in [9.17, 15) is 14.0 Å². The van der Waals surface area contributed by atoms with Crippen molar-refractivity contribution in [2.24, 2.45) is 11.8 Å². The largest absolute Gasteiger partial charge is 0.495 e. The molecule has 1 saturated heterocycles. The van der Waals surface area contributed by atoms with E-state index >= 15 is 0 Å². The van der Waals surface area contributed by atoms with Gasteiger partial charge >= 0.3 is 6.09 Å². The van der Waals surface area contributed by atoms with Crippen molar-refractivity contribution < 1.29 is 33.0 Å². The highest BCUT2D eigenvalue weighted by Crippen LogP contribution is 2.41. The number of oxazole rings is 1. The van der Waals surface area contributed by atoms with Gasteiger partial charge in [-0.25, -0.2) is 19.2 Å². The molecule has 0 radical (unpaired) electrons. The van der Waals surface area contributed by atoms with Gasteiger partial charge in [-0.1, -0.05) is 0 Å². The van der Waals surface area contributed by atoms with Crippen molar-refractivity contribution in [3.8, 4) is 17.0 Å². The van der Waals surface area contributed by atoms with Gasteiger partial charge in [0.1, 0.15) is 29.6 Å². The van der Waals surface area contributed by atoms with Gasteiger partial charge in [-0.05, 0) is 101 Å². The first kappa shape index (κ1) is 33.4. The molecule has 0 aromatic carbocycles. The minimum Gasteiger partial charge on any atom is -0.495 e. The lowest BCUT2D eigenvalue weighted by Gasteiger charge is -2.43. The molecule has 3 aromatic heterocycles. The zero-order valence-electron chi connectivity index (χ0n) is 28.4. The van der Waals surface area contributed by atoms with Crippen LogP contribution in [0.2, 0.25) is 0 Å². The predicted molar refractivity (Wildman–Crippen MR) is 179 cm³/mol. The van der Waals surface area contributed by atoms with Crippen molar-refractivity contribution in [3.63, 3.8) is 0 Å². The molecule has 0 atom stereocenters. The smallest absolute Gasteiger partial charge is 0.410 e. The monoisotopic (exact) mass is 675 g/mol. The van der Waals surface area contributed by atoms with Gasteiger partial charge in [-0.2, -0.15) is 0 Å². The standard InChI is InChI=1S/C37H46FN5O6/c1-23-32(47-2)14-13-30(40-23)25-5-3-24(4-6-25)18-43(33-17-28(15-16-39-33)31-19-48-34(41-31)26-7-8-26)35(45)27-9-11-29(12-10-27)49-36(46)42-20-37(38,21-42)22-44/h13-17,19,24-27,29,44H,3-12,18,20-22H2,1-2H3. The minimum absolute atomic E-state index is 0.0377. The fraction of sp³-hybridized carbons (Fsp3) is 0.595. The van der Waals surface area contributed by atoms with Gasteiger partial charge in [0.05, 0.1) is 32.5 Å². The quantitative estimate of drug-likeness (QED) is 0.261. The molecular weight excluding hydrogens is 629 g/mol. The van der Waals surface area contributed by atoms with Crippen LogP contribution in [0.3, 0.4) is 0 Å². The number of amides is 2. The molecule has 4 aliphatic rings. The molecule has 0 spiro atoms. The number of rotatable bonds is 10. The maximum absolute atomic E-state index is 14.4. The molecule has 4 heterocycles.